The average Bonchev–Trinajstić information content (AvgIpc) is 2.74. The Morgan fingerprint density at radius 2 is 1.66 bits per heavy atom. The Labute approximate surface area is 175 Å². The summed E-state index contributed by atoms with van der Waals surface area (Å²) in [5, 5.41) is 23.3. The number of aromatic nitrogens is 1. The molecule has 0 amide bonds. The number of nitrogens with zero attached hydrogens (tertiary/aromatic N) is 2. The van der Waals surface area contributed by atoms with E-state index in [4.69, 9.17) is 0 Å². The van der Waals surface area contributed by atoms with Crippen LogP contribution in [0.1, 0.15) is 11.3 Å². The molecule has 5 nitrogen and oxygen atoms in total. The van der Waals surface area contributed by atoms with Crippen molar-refractivity contribution in [2.24, 2.45) is 0 Å². The van der Waals surface area contributed by atoms with Crippen molar-refractivity contribution in [2.75, 3.05) is 0 Å². The Morgan fingerprint density at radius 3 is 2.31 bits per heavy atom. The van der Waals surface area contributed by atoms with Crippen molar-refractivity contribution in [2.45, 2.75) is 0 Å². The molecule has 3 aromatic carbocycles. The van der Waals surface area contributed by atoms with Gasteiger partial charge in [0.2, 0.25) is 0 Å². The summed E-state index contributed by atoms with van der Waals surface area (Å²) in [5.74, 6) is -0.0864. The van der Waals surface area contributed by atoms with Gasteiger partial charge in [-0.25, -0.2) is 4.98 Å². The van der Waals surface area contributed by atoms with Crippen LogP contribution in [0, 0.1) is 10.1 Å². The zero-order valence-electron chi connectivity index (χ0n) is 15.1. The van der Waals surface area contributed by atoms with Gasteiger partial charge in [-0.15, -0.1) is 0 Å². The fraction of sp³-hybridized carbons (Fsp3) is 0. The molecule has 6 heteroatoms. The number of benzene rings is 3. The molecule has 142 valence electrons. The van der Waals surface area contributed by atoms with Crippen molar-refractivity contribution >= 4 is 44.4 Å². The molecule has 1 N–H and O–H groups in total. The van der Waals surface area contributed by atoms with E-state index in [2.05, 4.69) is 20.9 Å². The topological polar surface area (TPSA) is 76.3 Å². The van der Waals surface area contributed by atoms with E-state index in [1.54, 1.807) is 30.3 Å². The highest BCUT2D eigenvalue weighted by Gasteiger charge is 2.25. The predicted octanol–water partition coefficient (Wildman–Crippen LogP) is 6.63. The summed E-state index contributed by atoms with van der Waals surface area (Å²) in [6, 6.07) is 23.5. The minimum absolute atomic E-state index is 0.0864. The Hall–Kier alpha value is -3.51. The molecule has 0 aliphatic rings. The molecule has 4 rings (SSSR count). The third-order valence-corrected chi connectivity index (χ3v) is 5.03. The van der Waals surface area contributed by atoms with Gasteiger partial charge in [-0.05, 0) is 23.8 Å². The summed E-state index contributed by atoms with van der Waals surface area (Å²) in [5.41, 5.74) is 2.28. The van der Waals surface area contributed by atoms with Gasteiger partial charge in [-0.3, -0.25) is 10.1 Å². The first-order valence-corrected chi connectivity index (χ1v) is 9.63. The third kappa shape index (κ3) is 3.75. The predicted molar refractivity (Wildman–Crippen MR) is 118 cm³/mol. The fourth-order valence-corrected chi connectivity index (χ4v) is 3.61. The molecule has 0 fully saturated rings. The largest absolute Gasteiger partial charge is 0.507 e. The molecule has 0 unspecified atom stereocenters. The second-order valence-corrected chi connectivity index (χ2v) is 7.32. The SMILES string of the molecule is O=[N+]([O-])c1c(C=C(O)c2ccccc2)nc2ccc(Br)cc2c1-c1ccccc1. The number of pyridine rings is 1. The summed E-state index contributed by atoms with van der Waals surface area (Å²) in [6.45, 7) is 0. The van der Waals surface area contributed by atoms with E-state index in [0.29, 0.717) is 27.6 Å². The monoisotopic (exact) mass is 446 g/mol. The maximum Gasteiger partial charge on any atom is 0.303 e. The first-order chi connectivity index (χ1) is 14.0. The third-order valence-electron chi connectivity index (χ3n) is 4.54. The first kappa shape index (κ1) is 18.8. The van der Waals surface area contributed by atoms with Gasteiger partial charge >= 0.3 is 5.69 Å². The van der Waals surface area contributed by atoms with Crippen molar-refractivity contribution in [3.8, 4) is 11.1 Å². The molecule has 4 aromatic rings. The zero-order valence-corrected chi connectivity index (χ0v) is 16.7. The van der Waals surface area contributed by atoms with E-state index in [1.165, 1.54) is 6.08 Å². The van der Waals surface area contributed by atoms with Crippen LogP contribution in [0.3, 0.4) is 0 Å². The molecule has 0 radical (unpaired) electrons. The van der Waals surface area contributed by atoms with Crippen LogP contribution in [0.4, 0.5) is 5.69 Å². The van der Waals surface area contributed by atoms with E-state index in [1.807, 2.05) is 48.5 Å². The average molecular weight is 447 g/mol. The van der Waals surface area contributed by atoms with Gasteiger partial charge in [-0.2, -0.15) is 0 Å². The second-order valence-electron chi connectivity index (χ2n) is 6.40. The molecule has 0 atom stereocenters. The maximum atomic E-state index is 12.1. The highest BCUT2D eigenvalue weighted by atomic mass is 79.9. The van der Waals surface area contributed by atoms with E-state index in [0.717, 1.165) is 4.47 Å². The molecule has 0 saturated heterocycles. The number of hydrogen-bond donors (Lipinski definition) is 1. The lowest BCUT2D eigenvalue weighted by atomic mass is 9.97. The Kier molecular flexibility index (Phi) is 5.10. The number of rotatable bonds is 4. The van der Waals surface area contributed by atoms with Crippen molar-refractivity contribution in [1.82, 2.24) is 4.98 Å². The normalized spacial score (nSPS) is 11.6. The minimum Gasteiger partial charge on any atom is -0.507 e. The molecular formula is C23H15BrN2O3. The van der Waals surface area contributed by atoms with Crippen LogP contribution in [0.15, 0.2) is 83.3 Å². The molecular weight excluding hydrogens is 432 g/mol. The van der Waals surface area contributed by atoms with Gasteiger partial charge < -0.3 is 5.11 Å². The quantitative estimate of drug-likeness (QED) is 0.217. The molecule has 0 bridgehead atoms. The summed E-state index contributed by atoms with van der Waals surface area (Å²) < 4.78 is 0.800. The van der Waals surface area contributed by atoms with Crippen LogP contribution >= 0.6 is 15.9 Å². The van der Waals surface area contributed by atoms with Gasteiger partial charge in [-0.1, -0.05) is 76.6 Å². The van der Waals surface area contributed by atoms with Crippen molar-refractivity contribution < 1.29 is 10.0 Å². The lowest BCUT2D eigenvalue weighted by Gasteiger charge is -2.11. The van der Waals surface area contributed by atoms with Crippen LogP contribution < -0.4 is 0 Å². The van der Waals surface area contributed by atoms with E-state index >= 15 is 0 Å². The summed E-state index contributed by atoms with van der Waals surface area (Å²) >= 11 is 3.44. The Bertz CT molecular complexity index is 1240. The molecule has 0 aliphatic heterocycles. The lowest BCUT2D eigenvalue weighted by Crippen LogP contribution is -2.00. The van der Waals surface area contributed by atoms with Crippen LogP contribution in [0.2, 0.25) is 0 Å². The van der Waals surface area contributed by atoms with Gasteiger partial charge in [0.25, 0.3) is 0 Å². The maximum absolute atomic E-state index is 12.1. The summed E-state index contributed by atoms with van der Waals surface area (Å²) in [4.78, 5) is 16.2. The molecule has 1 heterocycles. The van der Waals surface area contributed by atoms with Gasteiger partial charge in [0, 0.05) is 21.5 Å². The number of aliphatic hydroxyl groups excluding tert-OH is 1. The van der Waals surface area contributed by atoms with Crippen molar-refractivity contribution in [3.05, 3.63) is 105 Å². The van der Waals surface area contributed by atoms with Crippen LogP contribution in [0.5, 0.6) is 0 Å². The Morgan fingerprint density at radius 1 is 1.00 bits per heavy atom. The first-order valence-electron chi connectivity index (χ1n) is 8.84. The zero-order chi connectivity index (χ0) is 20.4. The molecule has 0 spiro atoms. The van der Waals surface area contributed by atoms with E-state index in [-0.39, 0.29) is 17.1 Å². The number of halogens is 1. The number of nitro groups is 1. The highest BCUT2D eigenvalue weighted by molar-refractivity contribution is 9.10. The lowest BCUT2D eigenvalue weighted by molar-refractivity contribution is -0.384. The molecule has 1 aromatic heterocycles. The van der Waals surface area contributed by atoms with Crippen molar-refractivity contribution in [1.29, 1.82) is 0 Å². The second kappa shape index (κ2) is 7.85. The van der Waals surface area contributed by atoms with Crippen LogP contribution in [-0.4, -0.2) is 15.0 Å². The van der Waals surface area contributed by atoms with Crippen LogP contribution in [0.25, 0.3) is 33.9 Å². The van der Waals surface area contributed by atoms with Gasteiger partial charge in [0.15, 0.2) is 0 Å². The minimum atomic E-state index is -0.445. The van der Waals surface area contributed by atoms with Crippen molar-refractivity contribution in [3.63, 3.8) is 0 Å². The van der Waals surface area contributed by atoms with Crippen LogP contribution in [-0.2, 0) is 0 Å². The number of aliphatic hydroxyl groups is 1. The molecule has 0 saturated carbocycles. The van der Waals surface area contributed by atoms with Gasteiger partial charge in [0.1, 0.15) is 11.5 Å². The standard InChI is InChI=1S/C23H15BrN2O3/c24-17-11-12-19-18(13-17)22(16-9-5-2-6-10-16)23(26(28)29)20(25-19)14-21(27)15-7-3-1-4-8-15/h1-14,27H. The fourth-order valence-electron chi connectivity index (χ4n) is 3.25. The van der Waals surface area contributed by atoms with Gasteiger partial charge in [0.05, 0.1) is 16.0 Å². The summed E-state index contributed by atoms with van der Waals surface area (Å²) in [7, 11) is 0. The van der Waals surface area contributed by atoms with E-state index < -0.39 is 4.92 Å². The Balaban J connectivity index is 2.07. The number of hydrogen-bond acceptors (Lipinski definition) is 4. The highest BCUT2D eigenvalue weighted by Crippen LogP contribution is 2.40. The summed E-state index contributed by atoms with van der Waals surface area (Å²) in [6.07, 6.45) is 1.35. The number of fused-ring (bicyclic) bond motifs is 1. The molecule has 0 aliphatic carbocycles. The smallest absolute Gasteiger partial charge is 0.303 e. The molecule has 29 heavy (non-hydrogen) atoms. The van der Waals surface area contributed by atoms with E-state index in [9.17, 15) is 15.2 Å².